The van der Waals surface area contributed by atoms with E-state index in [1.54, 1.807) is 32.0 Å². The smallest absolute Gasteiger partial charge is 0.276 e. The molecule has 11 rings (SSSR count). The number of piperidine rings is 2. The lowest BCUT2D eigenvalue weighted by molar-refractivity contribution is -0.659. The Morgan fingerprint density at radius 3 is 2.46 bits per heavy atom. The Hall–Kier alpha value is -5.69. The lowest BCUT2D eigenvalue weighted by Gasteiger charge is -2.74. The molecule has 7 heterocycles. The van der Waals surface area contributed by atoms with Crippen LogP contribution in [0.1, 0.15) is 91.9 Å². The molecule has 5 aromatic rings. The average molecular weight is 797 g/mol. The van der Waals surface area contributed by atoms with Gasteiger partial charge in [0.25, 0.3) is 11.7 Å². The van der Waals surface area contributed by atoms with E-state index in [9.17, 15) is 24.8 Å². The Balaban J connectivity index is 0.751. The van der Waals surface area contributed by atoms with Gasteiger partial charge in [-0.2, -0.15) is 15.5 Å². The summed E-state index contributed by atoms with van der Waals surface area (Å²) in [4.78, 5) is 45.5. The van der Waals surface area contributed by atoms with Gasteiger partial charge < -0.3 is 10.4 Å². The maximum Gasteiger partial charge on any atom is 0.276 e. The molecule has 1 aromatic carbocycles. The maximum atomic E-state index is 13.6. The third kappa shape index (κ3) is 6.36. The van der Waals surface area contributed by atoms with Crippen molar-refractivity contribution in [3.63, 3.8) is 0 Å². The van der Waals surface area contributed by atoms with Crippen LogP contribution in [0.2, 0.25) is 0 Å². The quantitative estimate of drug-likeness (QED) is 0.157. The van der Waals surface area contributed by atoms with Crippen molar-refractivity contribution in [2.45, 2.75) is 87.4 Å². The number of hydrogen-bond acceptors (Lipinski definition) is 10. The zero-order valence-electron chi connectivity index (χ0n) is 33.8. The normalized spacial score (nSPS) is 25.4. The number of nitrogens with zero attached hydrogens (tertiary/aromatic N) is 9. The topological polar surface area (TPSA) is 168 Å². The summed E-state index contributed by atoms with van der Waals surface area (Å²) >= 11 is 0. The lowest BCUT2D eigenvalue weighted by atomic mass is 9.43. The molecule has 3 saturated carbocycles. The fraction of sp³-hybridized carbons (Fsp3) is 0.477. The van der Waals surface area contributed by atoms with Gasteiger partial charge in [0.15, 0.2) is 0 Å². The van der Waals surface area contributed by atoms with Gasteiger partial charge in [-0.3, -0.25) is 39.1 Å². The Morgan fingerprint density at radius 1 is 1.00 bits per heavy atom. The first-order valence-electron chi connectivity index (χ1n) is 20.8. The summed E-state index contributed by atoms with van der Waals surface area (Å²) in [5, 5.41) is 36.2. The van der Waals surface area contributed by atoms with E-state index in [1.807, 2.05) is 19.2 Å². The summed E-state index contributed by atoms with van der Waals surface area (Å²) in [5.74, 6) is 0.138. The fourth-order valence-electron chi connectivity index (χ4n) is 10.8. The standard InChI is InChI=1S/C44H49N11O4/c1-42(2,59)34-20-35-30(19-36(34)47-41(58)37-7-5-32-18-28(21-45)22-46-55(32)37)24-54(49-35)44-25-43(26-44,27-44)53-16-14-51(15-17-53)31-10-12-52(13-11-31)39-9-4-29(23-50(39)3)33-6-8-38(56)48-40(33)57/h4-5,7,9,18-20,22-24,31,33,59H,6,8,10-17,25-27H2,1-3H3,(H-,47,48,56,57,58)/p+1. The maximum absolute atomic E-state index is 13.6. The van der Waals surface area contributed by atoms with Crippen LogP contribution < -0.4 is 20.1 Å². The average Bonchev–Trinajstić information content (AvgIpc) is 3.80. The van der Waals surface area contributed by atoms with Gasteiger partial charge in [-0.25, -0.2) is 9.08 Å². The zero-order valence-corrected chi connectivity index (χ0v) is 33.8. The van der Waals surface area contributed by atoms with Gasteiger partial charge in [-0.1, -0.05) is 0 Å². The van der Waals surface area contributed by atoms with E-state index >= 15 is 0 Å². The molecule has 3 aliphatic heterocycles. The number of imide groups is 1. The van der Waals surface area contributed by atoms with Crippen LogP contribution in [0.3, 0.4) is 0 Å². The number of carbonyl (C=O) groups is 3. The highest BCUT2D eigenvalue weighted by Gasteiger charge is 2.71. The van der Waals surface area contributed by atoms with Crippen LogP contribution >= 0.6 is 0 Å². The van der Waals surface area contributed by atoms with Gasteiger partial charge in [0.1, 0.15) is 11.8 Å². The van der Waals surface area contributed by atoms with E-state index in [0.29, 0.717) is 46.9 Å². The molecule has 3 saturated heterocycles. The third-order valence-corrected chi connectivity index (χ3v) is 13.9. The molecule has 0 radical (unpaired) electrons. The number of anilines is 2. The minimum absolute atomic E-state index is 0.00368. The number of carbonyl (C=O) groups excluding carboxylic acids is 3. The van der Waals surface area contributed by atoms with Crippen molar-refractivity contribution in [2.75, 3.05) is 49.5 Å². The highest BCUT2D eigenvalue weighted by atomic mass is 16.3. The number of pyridine rings is 1. The van der Waals surface area contributed by atoms with Crippen molar-refractivity contribution in [2.24, 2.45) is 7.05 Å². The van der Waals surface area contributed by atoms with E-state index in [0.717, 1.165) is 93.7 Å². The number of aromatic nitrogens is 5. The number of piperazine rings is 1. The SMILES string of the molecule is C[n+]1cc(C2CCC(=O)NC2=O)ccc1N1CCC(N2CCN(C34CC(n5cc6cc(NC(=O)c7ccc8cc(C#N)cnn78)c(C(C)(C)O)cc6n5)(C3)C4)CC2)CC1. The largest absolute Gasteiger partial charge is 0.386 e. The molecule has 6 aliphatic rings. The van der Waals surface area contributed by atoms with Crippen molar-refractivity contribution in [1.29, 1.82) is 5.26 Å². The number of amides is 3. The molecule has 15 heteroatoms. The molecule has 1 atom stereocenters. The Morgan fingerprint density at radius 2 is 1.76 bits per heavy atom. The summed E-state index contributed by atoms with van der Waals surface area (Å²) in [5.41, 5.74) is 3.24. The van der Waals surface area contributed by atoms with E-state index < -0.39 is 5.60 Å². The monoisotopic (exact) mass is 796 g/mol. The van der Waals surface area contributed by atoms with Gasteiger partial charge >= 0.3 is 0 Å². The van der Waals surface area contributed by atoms with E-state index in [-0.39, 0.29) is 34.7 Å². The second-order valence-electron chi connectivity index (χ2n) is 18.1. The number of benzene rings is 1. The number of nitriles is 1. The second kappa shape index (κ2) is 13.7. The molecule has 4 aromatic heterocycles. The molecule has 3 amide bonds. The van der Waals surface area contributed by atoms with Crippen LogP contribution in [0.5, 0.6) is 0 Å². The van der Waals surface area contributed by atoms with Gasteiger partial charge in [0, 0.05) is 91.5 Å². The summed E-state index contributed by atoms with van der Waals surface area (Å²) < 4.78 is 5.78. The van der Waals surface area contributed by atoms with Crippen LogP contribution in [-0.4, -0.2) is 103 Å². The Labute approximate surface area is 342 Å². The van der Waals surface area contributed by atoms with Crippen molar-refractivity contribution >= 4 is 45.6 Å². The van der Waals surface area contributed by atoms with Crippen molar-refractivity contribution in [3.8, 4) is 6.07 Å². The van der Waals surface area contributed by atoms with Crippen LogP contribution in [0.25, 0.3) is 16.4 Å². The first kappa shape index (κ1) is 37.6. The highest BCUT2D eigenvalue weighted by molar-refractivity contribution is 6.05. The predicted octanol–water partition coefficient (Wildman–Crippen LogP) is 3.30. The van der Waals surface area contributed by atoms with Gasteiger partial charge in [0.05, 0.1) is 66.2 Å². The first-order chi connectivity index (χ1) is 28.3. The minimum atomic E-state index is -1.23. The Kier molecular flexibility index (Phi) is 8.72. The number of hydrogen-bond donors (Lipinski definition) is 3. The van der Waals surface area contributed by atoms with Gasteiger partial charge in [-0.05, 0) is 75.9 Å². The molecule has 15 nitrogen and oxygen atoms in total. The minimum Gasteiger partial charge on any atom is -0.386 e. The number of aryl methyl sites for hydroxylation is 1. The summed E-state index contributed by atoms with van der Waals surface area (Å²) in [6, 6.07) is 15.8. The van der Waals surface area contributed by atoms with Crippen LogP contribution in [-0.2, 0) is 27.8 Å². The molecule has 304 valence electrons. The number of aliphatic hydroxyl groups is 1. The molecule has 0 spiro atoms. The summed E-state index contributed by atoms with van der Waals surface area (Å²) in [6.45, 7) is 9.75. The predicted molar refractivity (Wildman–Crippen MR) is 219 cm³/mol. The zero-order chi connectivity index (χ0) is 40.8. The first-order valence-corrected chi connectivity index (χ1v) is 20.8. The van der Waals surface area contributed by atoms with Crippen LogP contribution in [0.15, 0.2) is 61.1 Å². The second-order valence-corrected chi connectivity index (χ2v) is 18.1. The van der Waals surface area contributed by atoms with Crippen LogP contribution in [0.4, 0.5) is 11.5 Å². The van der Waals surface area contributed by atoms with Crippen LogP contribution in [0, 0.1) is 11.3 Å². The fourth-order valence-corrected chi connectivity index (χ4v) is 10.8. The summed E-state index contributed by atoms with van der Waals surface area (Å²) in [6.07, 6.45) is 12.0. The van der Waals surface area contributed by atoms with Crippen molar-refractivity contribution < 1.29 is 24.1 Å². The molecule has 1 unspecified atom stereocenters. The molecule has 3 aliphatic carbocycles. The molecule has 59 heavy (non-hydrogen) atoms. The van der Waals surface area contributed by atoms with E-state index in [1.165, 1.54) is 10.7 Å². The molecule has 2 bridgehead atoms. The molecule has 6 fully saturated rings. The number of nitrogens with one attached hydrogen (secondary N) is 2. The summed E-state index contributed by atoms with van der Waals surface area (Å²) in [7, 11) is 2.05. The Bertz CT molecular complexity index is 2560. The highest BCUT2D eigenvalue weighted by Crippen LogP contribution is 2.68. The molecular weight excluding hydrogens is 747 g/mol. The third-order valence-electron chi connectivity index (χ3n) is 13.9. The van der Waals surface area contributed by atoms with Crippen molar-refractivity contribution in [1.82, 2.24) is 34.5 Å². The number of fused-ring (bicyclic) bond motifs is 2. The lowest BCUT2D eigenvalue weighted by Crippen LogP contribution is -2.80. The van der Waals surface area contributed by atoms with E-state index in [4.69, 9.17) is 5.10 Å². The van der Waals surface area contributed by atoms with Gasteiger partial charge in [-0.15, -0.1) is 0 Å². The van der Waals surface area contributed by atoms with Crippen molar-refractivity contribution in [3.05, 3.63) is 83.4 Å². The molecular formula is C44H50N11O4+. The van der Waals surface area contributed by atoms with Gasteiger partial charge in [0.2, 0.25) is 11.8 Å². The molecule has 3 N–H and O–H groups in total. The number of rotatable bonds is 8. The van der Waals surface area contributed by atoms with E-state index in [2.05, 4.69) is 70.3 Å².